The third-order valence-electron chi connectivity index (χ3n) is 2.40. The summed E-state index contributed by atoms with van der Waals surface area (Å²) in [5, 5.41) is 10.7. The third kappa shape index (κ3) is 7.25. The van der Waals surface area contributed by atoms with Gasteiger partial charge in [-0.15, -0.1) is 0 Å². The van der Waals surface area contributed by atoms with Gasteiger partial charge in [0.15, 0.2) is 6.04 Å². The fraction of sp³-hybridized carbons (Fsp3) is 0.667. The molecule has 120 valence electrons. The number of carbonyl (C=O) groups excluding carboxylic acids is 3. The first-order valence-corrected chi connectivity index (χ1v) is 6.21. The molecule has 0 aromatic heterocycles. The van der Waals surface area contributed by atoms with E-state index in [0.29, 0.717) is 0 Å². The van der Waals surface area contributed by atoms with E-state index in [-0.39, 0.29) is 0 Å². The van der Waals surface area contributed by atoms with Crippen molar-refractivity contribution >= 4 is 23.8 Å². The van der Waals surface area contributed by atoms with Gasteiger partial charge in [-0.25, -0.2) is 4.79 Å². The third-order valence-corrected chi connectivity index (χ3v) is 2.40. The molecule has 21 heavy (non-hydrogen) atoms. The van der Waals surface area contributed by atoms with Crippen LogP contribution in [0.2, 0.25) is 0 Å². The Hall–Kier alpha value is -2.16. The van der Waals surface area contributed by atoms with Crippen molar-refractivity contribution in [3.63, 3.8) is 0 Å². The fourth-order valence-corrected chi connectivity index (χ4v) is 1.20. The van der Waals surface area contributed by atoms with Gasteiger partial charge in [0.1, 0.15) is 6.61 Å². The summed E-state index contributed by atoms with van der Waals surface area (Å²) in [5.74, 6) is -3.88. The highest BCUT2D eigenvalue weighted by Crippen LogP contribution is 1.99. The summed E-state index contributed by atoms with van der Waals surface area (Å²) in [6, 6.07) is -2.57. The van der Waals surface area contributed by atoms with Crippen molar-refractivity contribution in [1.29, 1.82) is 0 Å². The maximum atomic E-state index is 11.6. The Morgan fingerprint density at radius 3 is 2.19 bits per heavy atom. The highest BCUT2D eigenvalue weighted by Gasteiger charge is 2.27. The molecule has 0 unspecified atom stereocenters. The Morgan fingerprint density at radius 2 is 1.76 bits per heavy atom. The number of rotatable bonds is 8. The molecular weight excluding hydrogens is 284 g/mol. The van der Waals surface area contributed by atoms with E-state index in [2.05, 4.69) is 10.1 Å². The van der Waals surface area contributed by atoms with Crippen molar-refractivity contribution in [3.05, 3.63) is 0 Å². The lowest BCUT2D eigenvalue weighted by Gasteiger charge is -2.19. The molecule has 4 N–H and O–H groups in total. The van der Waals surface area contributed by atoms with Crippen LogP contribution in [0.5, 0.6) is 0 Å². The van der Waals surface area contributed by atoms with Crippen molar-refractivity contribution in [2.24, 2.45) is 11.7 Å². The van der Waals surface area contributed by atoms with E-state index in [9.17, 15) is 19.2 Å². The predicted molar refractivity (Wildman–Crippen MR) is 70.0 cm³/mol. The first-order valence-electron chi connectivity index (χ1n) is 6.21. The maximum absolute atomic E-state index is 11.6. The summed E-state index contributed by atoms with van der Waals surface area (Å²) in [6.07, 6.45) is -0.592. The van der Waals surface area contributed by atoms with E-state index in [0.717, 1.165) is 7.11 Å². The second-order valence-electron chi connectivity index (χ2n) is 4.57. The van der Waals surface area contributed by atoms with Crippen molar-refractivity contribution in [2.45, 2.75) is 32.4 Å². The predicted octanol–water partition coefficient (Wildman–Crippen LogP) is -1.35. The van der Waals surface area contributed by atoms with Crippen LogP contribution < -0.4 is 11.1 Å². The number of methoxy groups -OCH3 is 1. The van der Waals surface area contributed by atoms with Gasteiger partial charge in [-0.05, 0) is 0 Å². The van der Waals surface area contributed by atoms with E-state index in [1.54, 1.807) is 13.8 Å². The molecule has 0 aliphatic rings. The van der Waals surface area contributed by atoms with Crippen LogP contribution in [0.1, 0.15) is 20.3 Å². The molecule has 0 heterocycles. The topological polar surface area (TPSA) is 145 Å². The quantitative estimate of drug-likeness (QED) is 0.466. The molecule has 0 aliphatic carbocycles. The van der Waals surface area contributed by atoms with Gasteiger partial charge in [-0.2, -0.15) is 0 Å². The van der Waals surface area contributed by atoms with Gasteiger partial charge in [0.25, 0.3) is 0 Å². The molecule has 9 nitrogen and oxygen atoms in total. The summed E-state index contributed by atoms with van der Waals surface area (Å²) in [5.41, 5.74) is 5.36. The molecule has 0 spiro atoms. The Morgan fingerprint density at radius 1 is 1.19 bits per heavy atom. The summed E-state index contributed by atoms with van der Waals surface area (Å²) in [6.45, 7) is 2.79. The zero-order chi connectivity index (χ0) is 16.6. The molecule has 0 fully saturated rings. The summed E-state index contributed by atoms with van der Waals surface area (Å²) in [7, 11) is 1.10. The molecule has 0 saturated heterocycles. The second-order valence-corrected chi connectivity index (χ2v) is 4.57. The maximum Gasteiger partial charge on any atom is 0.331 e. The molecule has 2 atom stereocenters. The summed E-state index contributed by atoms with van der Waals surface area (Å²) >= 11 is 0. The normalized spacial score (nSPS) is 13.2. The van der Waals surface area contributed by atoms with Gasteiger partial charge in [-0.3, -0.25) is 14.4 Å². The number of hydrogen-bond donors (Lipinski definition) is 3. The molecule has 1 amide bonds. The fourth-order valence-electron chi connectivity index (χ4n) is 1.20. The summed E-state index contributed by atoms with van der Waals surface area (Å²) in [4.78, 5) is 44.9. The van der Waals surface area contributed by atoms with Crippen molar-refractivity contribution < 1.29 is 33.8 Å². The van der Waals surface area contributed by atoms with Crippen molar-refractivity contribution in [2.75, 3.05) is 13.7 Å². The number of hydrogen-bond acceptors (Lipinski definition) is 7. The van der Waals surface area contributed by atoms with Gasteiger partial charge >= 0.3 is 17.9 Å². The van der Waals surface area contributed by atoms with E-state index in [1.807, 2.05) is 0 Å². The highest BCUT2D eigenvalue weighted by molar-refractivity contribution is 5.90. The van der Waals surface area contributed by atoms with Gasteiger partial charge in [0.2, 0.25) is 5.91 Å². The van der Waals surface area contributed by atoms with Crippen LogP contribution in [0, 0.1) is 5.92 Å². The minimum atomic E-state index is -1.32. The largest absolute Gasteiger partial charge is 0.481 e. The van der Waals surface area contributed by atoms with E-state index in [4.69, 9.17) is 15.6 Å². The number of carboxylic acids is 1. The standard InChI is InChI=1S/C12H20N2O7/c1-6(2)11(18)21-5-8(12(19)20-3)14-10(17)7(13)4-9(15)16/h6-8H,4-5,13H2,1-3H3,(H,14,17)(H,15,16)/t7-,8-/m1/s1. The zero-order valence-electron chi connectivity index (χ0n) is 12.1. The molecule has 0 saturated carbocycles. The number of ether oxygens (including phenoxy) is 2. The number of amides is 1. The summed E-state index contributed by atoms with van der Waals surface area (Å²) < 4.78 is 9.30. The SMILES string of the molecule is COC(=O)[C@@H](COC(=O)C(C)C)NC(=O)[C@H](N)CC(=O)O. The Kier molecular flexibility index (Phi) is 7.99. The Balaban J connectivity index is 4.63. The van der Waals surface area contributed by atoms with E-state index >= 15 is 0 Å². The first kappa shape index (κ1) is 18.8. The zero-order valence-corrected chi connectivity index (χ0v) is 12.1. The lowest BCUT2D eigenvalue weighted by Crippen LogP contribution is -2.51. The molecular formula is C12H20N2O7. The average Bonchev–Trinajstić information content (AvgIpc) is 2.40. The number of carboxylic acid groups (broad SMARTS) is 1. The Bertz CT molecular complexity index is 408. The molecule has 0 aliphatic heterocycles. The molecule has 0 aromatic carbocycles. The van der Waals surface area contributed by atoms with Crippen molar-refractivity contribution in [1.82, 2.24) is 5.32 Å². The van der Waals surface area contributed by atoms with Crippen molar-refractivity contribution in [3.8, 4) is 0 Å². The minimum Gasteiger partial charge on any atom is -0.481 e. The number of carbonyl (C=O) groups is 4. The van der Waals surface area contributed by atoms with Crippen LogP contribution >= 0.6 is 0 Å². The molecule has 0 radical (unpaired) electrons. The minimum absolute atomic E-state index is 0.395. The van der Waals surface area contributed by atoms with Gasteiger partial charge in [0.05, 0.1) is 25.5 Å². The molecule has 0 rings (SSSR count). The van der Waals surface area contributed by atoms with Gasteiger partial charge in [-0.1, -0.05) is 13.8 Å². The molecule has 0 bridgehead atoms. The van der Waals surface area contributed by atoms with E-state index < -0.39 is 54.8 Å². The number of esters is 2. The smallest absolute Gasteiger partial charge is 0.331 e. The van der Waals surface area contributed by atoms with Crippen LogP contribution in [0.15, 0.2) is 0 Å². The second kappa shape index (κ2) is 8.90. The van der Waals surface area contributed by atoms with Crippen LogP contribution in [0.4, 0.5) is 0 Å². The number of aliphatic carboxylic acids is 1. The molecule has 9 heteroatoms. The monoisotopic (exact) mass is 304 g/mol. The Labute approximate surface area is 121 Å². The van der Waals surface area contributed by atoms with Crippen LogP contribution in [0.25, 0.3) is 0 Å². The average molecular weight is 304 g/mol. The van der Waals surface area contributed by atoms with Gasteiger partial charge < -0.3 is 25.6 Å². The van der Waals surface area contributed by atoms with E-state index in [1.165, 1.54) is 0 Å². The van der Waals surface area contributed by atoms with Gasteiger partial charge in [0, 0.05) is 0 Å². The lowest BCUT2D eigenvalue weighted by molar-refractivity contribution is -0.154. The highest BCUT2D eigenvalue weighted by atomic mass is 16.5. The van der Waals surface area contributed by atoms with Crippen LogP contribution in [-0.2, 0) is 28.7 Å². The first-order chi connectivity index (χ1) is 9.68. The molecule has 0 aromatic rings. The number of nitrogens with one attached hydrogen (secondary N) is 1. The van der Waals surface area contributed by atoms with Crippen LogP contribution in [-0.4, -0.2) is 54.7 Å². The van der Waals surface area contributed by atoms with Crippen LogP contribution in [0.3, 0.4) is 0 Å². The number of nitrogens with two attached hydrogens (primary N) is 1. The lowest BCUT2D eigenvalue weighted by atomic mass is 10.2.